The molecule has 4 aromatic rings. The second-order valence-corrected chi connectivity index (χ2v) is 6.82. The van der Waals surface area contributed by atoms with Crippen LogP contribution < -0.4 is 5.43 Å². The van der Waals surface area contributed by atoms with E-state index in [9.17, 15) is 9.59 Å². The third-order valence-corrected chi connectivity index (χ3v) is 4.92. The molecule has 2 heterocycles. The van der Waals surface area contributed by atoms with Gasteiger partial charge < -0.3 is 9.32 Å². The SMILES string of the molecule is CN(Cc1nc2ccccc2s1)C(=O)c1cc(=O)c2ccccc2o1. The lowest BCUT2D eigenvalue weighted by atomic mass is 10.2. The minimum atomic E-state index is -0.345. The number of carbonyl (C=O) groups excluding carboxylic acids is 1. The van der Waals surface area contributed by atoms with Crippen molar-refractivity contribution in [3.05, 3.63) is 75.6 Å². The van der Waals surface area contributed by atoms with Crippen molar-refractivity contribution in [3.63, 3.8) is 0 Å². The Kier molecular flexibility index (Phi) is 3.82. The summed E-state index contributed by atoms with van der Waals surface area (Å²) in [4.78, 5) is 30.8. The summed E-state index contributed by atoms with van der Waals surface area (Å²) in [6.45, 7) is 0.356. The Bertz CT molecular complexity index is 1110. The molecule has 2 aromatic carbocycles. The molecule has 0 fully saturated rings. The highest BCUT2D eigenvalue weighted by atomic mass is 32.1. The lowest BCUT2D eigenvalue weighted by Crippen LogP contribution is -2.27. The van der Waals surface area contributed by atoms with E-state index in [-0.39, 0.29) is 17.1 Å². The topological polar surface area (TPSA) is 63.4 Å². The molecule has 0 bridgehead atoms. The number of amides is 1. The molecule has 25 heavy (non-hydrogen) atoms. The van der Waals surface area contributed by atoms with Gasteiger partial charge in [-0.05, 0) is 24.3 Å². The number of thiazole rings is 1. The molecule has 0 N–H and O–H groups in total. The van der Waals surface area contributed by atoms with Gasteiger partial charge in [0.05, 0.1) is 22.1 Å². The van der Waals surface area contributed by atoms with Crippen molar-refractivity contribution < 1.29 is 9.21 Å². The molecular weight excluding hydrogens is 336 g/mol. The van der Waals surface area contributed by atoms with Crippen LogP contribution in [0.5, 0.6) is 0 Å². The molecule has 4 rings (SSSR count). The summed E-state index contributed by atoms with van der Waals surface area (Å²) in [6.07, 6.45) is 0. The quantitative estimate of drug-likeness (QED) is 0.565. The molecule has 124 valence electrons. The van der Waals surface area contributed by atoms with Crippen molar-refractivity contribution in [2.75, 3.05) is 7.05 Å². The van der Waals surface area contributed by atoms with Crippen LogP contribution in [0.25, 0.3) is 21.2 Å². The molecule has 0 saturated heterocycles. The van der Waals surface area contributed by atoms with Gasteiger partial charge in [0.25, 0.3) is 5.91 Å². The molecule has 0 saturated carbocycles. The number of carbonyl (C=O) groups is 1. The summed E-state index contributed by atoms with van der Waals surface area (Å²) < 4.78 is 6.69. The molecular formula is C19H14N2O3S. The maximum absolute atomic E-state index is 12.6. The fourth-order valence-corrected chi connectivity index (χ4v) is 3.68. The summed E-state index contributed by atoms with van der Waals surface area (Å²) in [7, 11) is 1.67. The van der Waals surface area contributed by atoms with Gasteiger partial charge in [-0.25, -0.2) is 4.98 Å². The summed E-state index contributed by atoms with van der Waals surface area (Å²) in [5, 5.41) is 1.30. The monoisotopic (exact) mass is 350 g/mol. The van der Waals surface area contributed by atoms with Crippen LogP contribution in [0.4, 0.5) is 0 Å². The molecule has 1 amide bonds. The Hall–Kier alpha value is -2.99. The van der Waals surface area contributed by atoms with Gasteiger partial charge in [0, 0.05) is 13.1 Å². The number of rotatable bonds is 3. The molecule has 0 radical (unpaired) electrons. The van der Waals surface area contributed by atoms with Crippen LogP contribution in [-0.4, -0.2) is 22.8 Å². The van der Waals surface area contributed by atoms with Crippen molar-refractivity contribution in [3.8, 4) is 0 Å². The Labute approximate surface area is 147 Å². The number of benzene rings is 2. The largest absolute Gasteiger partial charge is 0.451 e. The van der Waals surface area contributed by atoms with Gasteiger partial charge in [-0.1, -0.05) is 24.3 Å². The van der Waals surface area contributed by atoms with Crippen LogP contribution >= 0.6 is 11.3 Å². The standard InChI is InChI=1S/C19H14N2O3S/c1-21(11-18-20-13-7-3-5-9-17(13)25-18)19(23)16-10-14(22)12-6-2-4-8-15(12)24-16/h2-10H,11H2,1H3. The first-order valence-corrected chi connectivity index (χ1v) is 8.56. The van der Waals surface area contributed by atoms with E-state index < -0.39 is 0 Å². The third kappa shape index (κ3) is 2.92. The molecule has 0 aliphatic rings. The van der Waals surface area contributed by atoms with Gasteiger partial charge in [-0.3, -0.25) is 9.59 Å². The average Bonchev–Trinajstić information content (AvgIpc) is 3.03. The van der Waals surface area contributed by atoms with Crippen LogP contribution in [-0.2, 0) is 6.54 Å². The van der Waals surface area contributed by atoms with Crippen molar-refractivity contribution in [1.29, 1.82) is 0 Å². The molecule has 0 unspecified atom stereocenters. The number of nitrogens with zero attached hydrogens (tertiary/aromatic N) is 2. The van der Waals surface area contributed by atoms with E-state index in [0.717, 1.165) is 15.2 Å². The molecule has 0 atom stereocenters. The van der Waals surface area contributed by atoms with Gasteiger partial charge in [0.2, 0.25) is 0 Å². The Morgan fingerprint density at radius 1 is 1.16 bits per heavy atom. The zero-order valence-electron chi connectivity index (χ0n) is 13.4. The number of hydrogen-bond acceptors (Lipinski definition) is 5. The maximum Gasteiger partial charge on any atom is 0.289 e. The summed E-state index contributed by atoms with van der Waals surface area (Å²) in [5.74, 6) is -0.311. The van der Waals surface area contributed by atoms with Gasteiger partial charge in [-0.2, -0.15) is 0 Å². The molecule has 0 aliphatic carbocycles. The molecule has 5 nitrogen and oxygen atoms in total. The summed E-state index contributed by atoms with van der Waals surface area (Å²) in [6, 6.07) is 16.0. The van der Waals surface area contributed by atoms with Crippen molar-refractivity contribution in [2.24, 2.45) is 0 Å². The first-order valence-electron chi connectivity index (χ1n) is 7.74. The van der Waals surface area contributed by atoms with Crippen molar-refractivity contribution in [1.82, 2.24) is 9.88 Å². The van der Waals surface area contributed by atoms with Gasteiger partial charge in [0.1, 0.15) is 10.6 Å². The van der Waals surface area contributed by atoms with E-state index in [0.29, 0.717) is 17.5 Å². The van der Waals surface area contributed by atoms with Crippen LogP contribution in [0.3, 0.4) is 0 Å². The van der Waals surface area contributed by atoms with Crippen molar-refractivity contribution in [2.45, 2.75) is 6.54 Å². The van der Waals surface area contributed by atoms with Crippen LogP contribution in [0.2, 0.25) is 0 Å². The third-order valence-electron chi connectivity index (χ3n) is 3.90. The fourth-order valence-electron chi connectivity index (χ4n) is 2.66. The van der Waals surface area contributed by atoms with E-state index in [4.69, 9.17) is 4.42 Å². The zero-order chi connectivity index (χ0) is 17.4. The second kappa shape index (κ2) is 6.14. The van der Waals surface area contributed by atoms with E-state index in [1.54, 1.807) is 42.6 Å². The summed E-state index contributed by atoms with van der Waals surface area (Å²) >= 11 is 1.55. The number of para-hydroxylation sites is 2. The van der Waals surface area contributed by atoms with Gasteiger partial charge in [-0.15, -0.1) is 11.3 Å². The minimum Gasteiger partial charge on any atom is -0.451 e. The fraction of sp³-hybridized carbons (Fsp3) is 0.105. The lowest BCUT2D eigenvalue weighted by Gasteiger charge is -2.14. The zero-order valence-corrected chi connectivity index (χ0v) is 14.2. The predicted octanol–water partition coefficient (Wildman–Crippen LogP) is 3.67. The highest BCUT2D eigenvalue weighted by Gasteiger charge is 2.18. The van der Waals surface area contributed by atoms with E-state index >= 15 is 0 Å². The molecule has 6 heteroatoms. The van der Waals surface area contributed by atoms with Crippen LogP contribution in [0, 0.1) is 0 Å². The first kappa shape index (κ1) is 15.5. The smallest absolute Gasteiger partial charge is 0.289 e. The van der Waals surface area contributed by atoms with E-state index in [1.165, 1.54) is 11.0 Å². The lowest BCUT2D eigenvalue weighted by molar-refractivity contribution is 0.0754. The van der Waals surface area contributed by atoms with E-state index in [1.807, 2.05) is 24.3 Å². The van der Waals surface area contributed by atoms with Crippen molar-refractivity contribution >= 4 is 38.4 Å². The van der Waals surface area contributed by atoms with Crippen LogP contribution in [0.15, 0.2) is 63.8 Å². The van der Waals surface area contributed by atoms with Crippen LogP contribution in [0.1, 0.15) is 15.6 Å². The second-order valence-electron chi connectivity index (χ2n) is 5.71. The van der Waals surface area contributed by atoms with E-state index in [2.05, 4.69) is 4.98 Å². The number of fused-ring (bicyclic) bond motifs is 2. The highest BCUT2D eigenvalue weighted by Crippen LogP contribution is 2.23. The Morgan fingerprint density at radius 2 is 1.92 bits per heavy atom. The molecule has 0 spiro atoms. The molecule has 0 aliphatic heterocycles. The molecule has 2 aromatic heterocycles. The first-order chi connectivity index (χ1) is 12.1. The minimum absolute atomic E-state index is 0.0345. The maximum atomic E-state index is 12.6. The average molecular weight is 350 g/mol. The Balaban J connectivity index is 1.62. The predicted molar refractivity (Wildman–Crippen MR) is 97.9 cm³/mol. The summed E-state index contributed by atoms with van der Waals surface area (Å²) in [5.41, 5.74) is 1.10. The highest BCUT2D eigenvalue weighted by molar-refractivity contribution is 7.18. The normalized spacial score (nSPS) is 11.1. The van der Waals surface area contributed by atoms with Gasteiger partial charge in [0.15, 0.2) is 11.2 Å². The van der Waals surface area contributed by atoms with Gasteiger partial charge >= 0.3 is 0 Å². The Morgan fingerprint density at radius 3 is 2.76 bits per heavy atom. The number of aromatic nitrogens is 1. The number of hydrogen-bond donors (Lipinski definition) is 0.